The summed E-state index contributed by atoms with van der Waals surface area (Å²) >= 11 is 0. The van der Waals surface area contributed by atoms with E-state index >= 15 is 0 Å². The van der Waals surface area contributed by atoms with Gasteiger partial charge in [0.15, 0.2) is 0 Å². The second kappa shape index (κ2) is 4.91. The van der Waals surface area contributed by atoms with Gasteiger partial charge < -0.3 is 22.1 Å². The molecule has 8 nitrogen and oxygen atoms in total. The lowest BCUT2D eigenvalue weighted by Crippen LogP contribution is -2.40. The second-order valence-corrected chi connectivity index (χ2v) is 3.09. The van der Waals surface area contributed by atoms with Gasteiger partial charge in [0.05, 0.1) is 25.5 Å². The Morgan fingerprint density at radius 3 is 2.06 bits per heavy atom. The summed E-state index contributed by atoms with van der Waals surface area (Å²) in [6.45, 7) is -0.330. The molecule has 1 heterocycles. The first kappa shape index (κ1) is 11.7. The first-order valence-corrected chi connectivity index (χ1v) is 4.38. The Morgan fingerprint density at radius 1 is 1.12 bits per heavy atom. The van der Waals surface area contributed by atoms with E-state index in [1.165, 1.54) is 17.3 Å². The molecule has 6 N–H and O–H groups in total. The lowest BCUT2D eigenvalue weighted by Gasteiger charge is -2.19. The molecule has 0 bridgehead atoms. The van der Waals surface area contributed by atoms with Crippen LogP contribution >= 0.6 is 0 Å². The third-order valence-corrected chi connectivity index (χ3v) is 1.68. The Labute approximate surface area is 91.4 Å². The summed E-state index contributed by atoms with van der Waals surface area (Å²) in [7, 11) is 0. The molecule has 0 fully saturated rings. The molecule has 0 aliphatic heterocycles. The number of primary amides is 2. The van der Waals surface area contributed by atoms with E-state index in [1.54, 1.807) is 0 Å². The predicted octanol–water partition coefficient (Wildman–Crippen LogP) is -2.16. The summed E-state index contributed by atoms with van der Waals surface area (Å²) in [4.78, 5) is 30.6. The van der Waals surface area contributed by atoms with Crippen molar-refractivity contribution in [2.75, 3.05) is 23.7 Å². The van der Waals surface area contributed by atoms with Gasteiger partial charge in [-0.15, -0.1) is 0 Å². The zero-order valence-electron chi connectivity index (χ0n) is 8.46. The fraction of sp³-hybridized carbons (Fsp3) is 0.250. The largest absolute Gasteiger partial charge is 0.382 e. The summed E-state index contributed by atoms with van der Waals surface area (Å²) in [5.41, 5.74) is 15.4. The van der Waals surface area contributed by atoms with Crippen LogP contribution in [-0.4, -0.2) is 34.9 Å². The van der Waals surface area contributed by atoms with Crippen molar-refractivity contribution in [2.45, 2.75) is 0 Å². The highest BCUT2D eigenvalue weighted by atomic mass is 16.2. The Morgan fingerprint density at radius 2 is 1.69 bits per heavy atom. The number of anilines is 2. The normalized spacial score (nSPS) is 9.75. The fourth-order valence-corrected chi connectivity index (χ4v) is 1.09. The maximum absolute atomic E-state index is 10.8. The molecule has 8 heteroatoms. The van der Waals surface area contributed by atoms with Gasteiger partial charge in [-0.3, -0.25) is 9.59 Å². The van der Waals surface area contributed by atoms with Crippen LogP contribution in [0.1, 0.15) is 0 Å². The SMILES string of the molecule is NC(=O)CN(CC(N)=O)c1cnc(N)cn1. The van der Waals surface area contributed by atoms with Crippen LogP contribution in [0.5, 0.6) is 0 Å². The number of aromatic nitrogens is 2. The first-order chi connectivity index (χ1) is 7.49. The number of amides is 2. The van der Waals surface area contributed by atoms with Crippen LogP contribution in [0.2, 0.25) is 0 Å². The number of hydrogen-bond acceptors (Lipinski definition) is 6. The topological polar surface area (TPSA) is 141 Å². The minimum atomic E-state index is -0.597. The molecule has 0 aliphatic rings. The van der Waals surface area contributed by atoms with Gasteiger partial charge >= 0.3 is 0 Å². The minimum absolute atomic E-state index is 0.165. The zero-order valence-corrected chi connectivity index (χ0v) is 8.46. The average Bonchev–Trinajstić information content (AvgIpc) is 2.16. The number of nitrogen functional groups attached to an aromatic ring is 1. The molecule has 0 saturated carbocycles. The maximum atomic E-state index is 10.8. The van der Waals surface area contributed by atoms with Crippen LogP contribution < -0.4 is 22.1 Å². The monoisotopic (exact) mass is 224 g/mol. The number of nitrogens with zero attached hydrogens (tertiary/aromatic N) is 3. The van der Waals surface area contributed by atoms with E-state index in [0.29, 0.717) is 5.82 Å². The molecule has 2 amide bonds. The summed E-state index contributed by atoms with van der Waals surface area (Å²) in [5, 5.41) is 0. The van der Waals surface area contributed by atoms with Crippen LogP contribution in [0.4, 0.5) is 11.6 Å². The van der Waals surface area contributed by atoms with Crippen LogP contribution in [0.15, 0.2) is 12.4 Å². The number of carbonyl (C=O) groups is 2. The fourth-order valence-electron chi connectivity index (χ4n) is 1.09. The van der Waals surface area contributed by atoms with E-state index in [1.807, 2.05) is 0 Å². The molecule has 0 unspecified atom stereocenters. The van der Waals surface area contributed by atoms with Crippen LogP contribution in [0, 0.1) is 0 Å². The molecule has 0 radical (unpaired) electrons. The Balaban J connectivity index is 2.86. The van der Waals surface area contributed by atoms with E-state index < -0.39 is 11.8 Å². The highest BCUT2D eigenvalue weighted by Crippen LogP contribution is 2.08. The first-order valence-electron chi connectivity index (χ1n) is 4.38. The molecule has 0 saturated heterocycles. The smallest absolute Gasteiger partial charge is 0.237 e. The van der Waals surface area contributed by atoms with E-state index in [-0.39, 0.29) is 18.9 Å². The van der Waals surface area contributed by atoms with E-state index in [4.69, 9.17) is 17.2 Å². The van der Waals surface area contributed by atoms with Gasteiger partial charge in [0.25, 0.3) is 0 Å². The standard InChI is InChI=1S/C8H12N6O2/c9-5-1-13-8(2-12-5)14(3-6(10)15)4-7(11)16/h1-2H,3-4H2,(H2,9,12)(H2,10,15)(H2,11,16). The second-order valence-electron chi connectivity index (χ2n) is 3.09. The van der Waals surface area contributed by atoms with Gasteiger partial charge in [0, 0.05) is 0 Å². The van der Waals surface area contributed by atoms with Crippen molar-refractivity contribution in [2.24, 2.45) is 11.5 Å². The van der Waals surface area contributed by atoms with E-state index in [0.717, 1.165) is 0 Å². The summed E-state index contributed by atoms with van der Waals surface area (Å²) in [6.07, 6.45) is 2.64. The van der Waals surface area contributed by atoms with Crippen molar-refractivity contribution in [3.05, 3.63) is 12.4 Å². The van der Waals surface area contributed by atoms with Crippen molar-refractivity contribution in [3.63, 3.8) is 0 Å². The van der Waals surface area contributed by atoms with Crippen molar-refractivity contribution in [1.82, 2.24) is 9.97 Å². The molecular formula is C8H12N6O2. The van der Waals surface area contributed by atoms with Crippen molar-refractivity contribution in [1.29, 1.82) is 0 Å². The molecule has 1 aromatic heterocycles. The third kappa shape index (κ3) is 3.40. The van der Waals surface area contributed by atoms with E-state index in [9.17, 15) is 9.59 Å². The Hall–Kier alpha value is -2.38. The zero-order chi connectivity index (χ0) is 12.1. The molecule has 1 rings (SSSR count). The highest BCUT2D eigenvalue weighted by Gasteiger charge is 2.13. The van der Waals surface area contributed by atoms with Crippen LogP contribution in [-0.2, 0) is 9.59 Å². The van der Waals surface area contributed by atoms with Gasteiger partial charge in [-0.2, -0.15) is 0 Å². The number of rotatable bonds is 5. The van der Waals surface area contributed by atoms with Gasteiger partial charge in [-0.05, 0) is 0 Å². The molecule has 1 aromatic rings. The van der Waals surface area contributed by atoms with Crippen LogP contribution in [0.25, 0.3) is 0 Å². The number of nitrogens with two attached hydrogens (primary N) is 3. The van der Waals surface area contributed by atoms with E-state index in [2.05, 4.69) is 9.97 Å². The average molecular weight is 224 g/mol. The lowest BCUT2D eigenvalue weighted by molar-refractivity contribution is -0.117. The quantitative estimate of drug-likeness (QED) is 0.520. The minimum Gasteiger partial charge on any atom is -0.382 e. The van der Waals surface area contributed by atoms with Crippen molar-refractivity contribution < 1.29 is 9.59 Å². The van der Waals surface area contributed by atoms with Crippen molar-refractivity contribution in [3.8, 4) is 0 Å². The highest BCUT2D eigenvalue weighted by molar-refractivity contribution is 5.84. The van der Waals surface area contributed by atoms with Crippen LogP contribution in [0.3, 0.4) is 0 Å². The molecular weight excluding hydrogens is 212 g/mol. The third-order valence-electron chi connectivity index (χ3n) is 1.68. The summed E-state index contributed by atoms with van der Waals surface area (Å²) in [5.74, 6) is -0.645. The number of carbonyl (C=O) groups excluding carboxylic acids is 2. The van der Waals surface area contributed by atoms with Gasteiger partial charge in [-0.1, -0.05) is 0 Å². The Kier molecular flexibility index (Phi) is 3.59. The predicted molar refractivity (Wildman–Crippen MR) is 57.0 cm³/mol. The summed E-state index contributed by atoms with van der Waals surface area (Å²) < 4.78 is 0. The molecule has 16 heavy (non-hydrogen) atoms. The van der Waals surface area contributed by atoms with Gasteiger partial charge in [0.1, 0.15) is 11.6 Å². The molecule has 0 spiro atoms. The molecule has 0 aromatic carbocycles. The molecule has 0 atom stereocenters. The summed E-state index contributed by atoms with van der Waals surface area (Å²) in [6, 6.07) is 0. The van der Waals surface area contributed by atoms with Crippen molar-refractivity contribution >= 4 is 23.5 Å². The Bertz CT molecular complexity index is 374. The van der Waals surface area contributed by atoms with Gasteiger partial charge in [0.2, 0.25) is 11.8 Å². The lowest BCUT2D eigenvalue weighted by atomic mass is 10.4. The number of hydrogen-bond donors (Lipinski definition) is 3. The molecule has 86 valence electrons. The molecule has 0 aliphatic carbocycles. The maximum Gasteiger partial charge on any atom is 0.237 e. The van der Waals surface area contributed by atoms with Gasteiger partial charge in [-0.25, -0.2) is 9.97 Å².